The van der Waals surface area contributed by atoms with Crippen LogP contribution in [0.4, 0.5) is 0 Å². The number of rotatable bonds is 4. The first-order chi connectivity index (χ1) is 22.4. The number of aliphatic hydroxyl groups excluding tert-OH is 1. The molecule has 1 spiro atoms. The van der Waals surface area contributed by atoms with Gasteiger partial charge in [0.25, 0.3) is 0 Å². The highest BCUT2D eigenvalue weighted by Crippen LogP contribution is 2.74. The van der Waals surface area contributed by atoms with Gasteiger partial charge in [-0.15, -0.1) is 0 Å². The SMILES string of the molecule is C[C@H]1[C@@H]([C@@H](O)[C@@](C)(O)[C@H]2C[C@@H]3CCC4=C5[C@@H]6CC[C@@]2(C)[C@]53OCC#C[C@@H](c2ccccc2)CO[C@H]2CC[C@@]6(C)[C@@H](C2)C4=O)OC[C@@H]1C. The molecule has 4 heterocycles. The topological polar surface area (TPSA) is 85.2 Å². The van der Waals surface area contributed by atoms with Crippen molar-refractivity contribution in [2.24, 2.45) is 46.3 Å². The maximum Gasteiger partial charge on any atom is 0.162 e. The maximum absolute atomic E-state index is 14.8. The van der Waals surface area contributed by atoms with E-state index in [1.165, 1.54) is 5.57 Å². The van der Waals surface area contributed by atoms with Crippen LogP contribution in [0.15, 0.2) is 41.5 Å². The standard InChI is InChI=1S/C41H54O6/c1-24-22-46-36(25(24)2)37(43)40(5,44)33-20-28-13-14-30-34-31-16-18-39(33,4)41(28,34)47-19-9-12-27(26-10-7-6-8-11-26)23-45-29-15-17-38(31,3)32(21-29)35(30)42/h6-8,10-11,24-25,27-29,31-33,36-37,43-44H,13-23H2,1-5H3/t24-,25+,27+,28-,29-,31-,32-,33-,36-,37+,38+,39+,40-,41+/m0/s1. The molecule has 14 atom stereocenters. The van der Waals surface area contributed by atoms with Crippen molar-refractivity contribution in [3.05, 3.63) is 47.0 Å². The minimum atomic E-state index is -1.38. The molecule has 3 saturated carbocycles. The molecule has 0 aromatic heterocycles. The van der Waals surface area contributed by atoms with Gasteiger partial charge in [-0.2, -0.15) is 0 Å². The predicted octanol–water partition coefficient (Wildman–Crippen LogP) is 6.24. The van der Waals surface area contributed by atoms with E-state index in [0.717, 1.165) is 62.5 Å². The Labute approximate surface area is 281 Å². The summed E-state index contributed by atoms with van der Waals surface area (Å²) >= 11 is 0. The van der Waals surface area contributed by atoms with Gasteiger partial charge in [0.15, 0.2) is 5.78 Å². The van der Waals surface area contributed by atoms with Crippen LogP contribution in [0.25, 0.3) is 0 Å². The number of carbonyl (C=O) groups excluding carboxylic acids is 1. The number of hydrogen-bond donors (Lipinski definition) is 2. The van der Waals surface area contributed by atoms with Gasteiger partial charge in [0.1, 0.15) is 12.7 Å². The number of carbonyl (C=O) groups is 1. The second-order valence-corrected chi connectivity index (χ2v) is 17.2. The first-order valence-electron chi connectivity index (χ1n) is 18.5. The van der Waals surface area contributed by atoms with Crippen molar-refractivity contribution in [2.75, 3.05) is 19.8 Å². The van der Waals surface area contributed by atoms with Gasteiger partial charge in [0, 0.05) is 17.9 Å². The fourth-order valence-electron chi connectivity index (χ4n) is 12.3. The van der Waals surface area contributed by atoms with Crippen molar-refractivity contribution in [3.63, 3.8) is 0 Å². The molecule has 6 nitrogen and oxygen atoms in total. The number of aliphatic hydroxyl groups is 2. The molecule has 0 radical (unpaired) electrons. The lowest BCUT2D eigenvalue weighted by Crippen LogP contribution is -2.66. The van der Waals surface area contributed by atoms with E-state index in [9.17, 15) is 15.0 Å². The van der Waals surface area contributed by atoms with Crippen LogP contribution < -0.4 is 0 Å². The summed E-state index contributed by atoms with van der Waals surface area (Å²) in [5.41, 5.74) is 0.682. The third-order valence-corrected chi connectivity index (χ3v) is 15.1. The van der Waals surface area contributed by atoms with E-state index in [-0.39, 0.29) is 53.6 Å². The number of allylic oxidation sites excluding steroid dienone is 1. The molecule has 1 aromatic rings. The zero-order valence-corrected chi connectivity index (χ0v) is 29.0. The van der Waals surface area contributed by atoms with Gasteiger partial charge < -0.3 is 24.4 Å². The Morgan fingerprint density at radius 2 is 1.79 bits per heavy atom. The third kappa shape index (κ3) is 4.45. The molecule has 1 saturated heterocycles. The summed E-state index contributed by atoms with van der Waals surface area (Å²) in [5.74, 6) is 7.84. The second-order valence-electron chi connectivity index (χ2n) is 17.2. The Kier molecular flexibility index (Phi) is 7.71. The fraction of sp³-hybridized carbons (Fsp3) is 0.732. The number of Topliss-reactive ketones (excluding diaryl/α,β-unsaturated/α-hetero) is 1. The van der Waals surface area contributed by atoms with Crippen LogP contribution in [0.1, 0.15) is 97.5 Å². The van der Waals surface area contributed by atoms with E-state index < -0.39 is 28.8 Å². The minimum Gasteiger partial charge on any atom is -0.387 e. The lowest BCUT2D eigenvalue weighted by atomic mass is 9.42. The van der Waals surface area contributed by atoms with Crippen LogP contribution in [-0.4, -0.2) is 65.3 Å². The Balaban J connectivity index is 1.25. The molecule has 1 aromatic carbocycles. The van der Waals surface area contributed by atoms with Gasteiger partial charge in [-0.3, -0.25) is 4.79 Å². The molecule has 10 rings (SSSR count). The molecule has 6 heteroatoms. The molecular formula is C41H54O6. The van der Waals surface area contributed by atoms with E-state index in [1.54, 1.807) is 0 Å². The maximum atomic E-state index is 14.8. The lowest BCUT2D eigenvalue weighted by Gasteiger charge is -2.64. The number of ether oxygens (including phenoxy) is 3. The molecule has 0 unspecified atom stereocenters. The van der Waals surface area contributed by atoms with Gasteiger partial charge in [-0.25, -0.2) is 0 Å². The van der Waals surface area contributed by atoms with Gasteiger partial charge in [-0.1, -0.05) is 69.9 Å². The number of fused-ring (bicyclic) bond motifs is 1. The van der Waals surface area contributed by atoms with Crippen molar-refractivity contribution in [1.29, 1.82) is 0 Å². The zero-order chi connectivity index (χ0) is 32.9. The predicted molar refractivity (Wildman–Crippen MR) is 179 cm³/mol. The fourth-order valence-corrected chi connectivity index (χ4v) is 12.3. The van der Waals surface area contributed by atoms with E-state index in [2.05, 4.69) is 63.8 Å². The average Bonchev–Trinajstić information content (AvgIpc) is 3.54. The van der Waals surface area contributed by atoms with Gasteiger partial charge in [0.05, 0.1) is 35.9 Å². The number of ketones is 1. The third-order valence-electron chi connectivity index (χ3n) is 15.1. The molecule has 7 bridgehead atoms. The van der Waals surface area contributed by atoms with Gasteiger partial charge in [-0.05, 0) is 110 Å². The van der Waals surface area contributed by atoms with Crippen LogP contribution in [-0.2, 0) is 19.0 Å². The van der Waals surface area contributed by atoms with Crippen LogP contribution in [0.2, 0.25) is 0 Å². The van der Waals surface area contributed by atoms with Crippen molar-refractivity contribution >= 4 is 5.78 Å². The number of benzene rings is 1. The highest BCUT2D eigenvalue weighted by Gasteiger charge is 2.75. The Hall–Kier alpha value is -2.01. The molecule has 2 N–H and O–H groups in total. The molecule has 47 heavy (non-hydrogen) atoms. The first-order valence-corrected chi connectivity index (χ1v) is 18.5. The molecule has 254 valence electrons. The Bertz CT molecular complexity index is 1500. The molecule has 9 aliphatic rings. The van der Waals surface area contributed by atoms with Crippen molar-refractivity contribution < 1.29 is 29.2 Å². The Morgan fingerprint density at radius 1 is 1.00 bits per heavy atom. The molecule has 0 amide bonds. The summed E-state index contributed by atoms with van der Waals surface area (Å²) in [6.07, 6.45) is 5.55. The van der Waals surface area contributed by atoms with Gasteiger partial charge >= 0.3 is 0 Å². The molecule has 4 aliphatic heterocycles. The summed E-state index contributed by atoms with van der Waals surface area (Å²) in [5, 5.41) is 24.5. The van der Waals surface area contributed by atoms with Crippen LogP contribution >= 0.6 is 0 Å². The highest BCUT2D eigenvalue weighted by atomic mass is 16.5. The average molecular weight is 643 g/mol. The van der Waals surface area contributed by atoms with E-state index >= 15 is 0 Å². The van der Waals surface area contributed by atoms with Gasteiger partial charge in [0.2, 0.25) is 0 Å². The number of hydrogen-bond acceptors (Lipinski definition) is 6. The van der Waals surface area contributed by atoms with Crippen LogP contribution in [0.5, 0.6) is 0 Å². The monoisotopic (exact) mass is 642 g/mol. The Morgan fingerprint density at radius 3 is 2.53 bits per heavy atom. The highest BCUT2D eigenvalue weighted by molar-refractivity contribution is 6.00. The minimum absolute atomic E-state index is 0.0442. The largest absolute Gasteiger partial charge is 0.387 e. The molecule has 5 aliphatic carbocycles. The van der Waals surface area contributed by atoms with Crippen molar-refractivity contribution in [2.45, 2.75) is 121 Å². The molecule has 4 fully saturated rings. The lowest BCUT2D eigenvalue weighted by molar-refractivity contribution is -0.206. The zero-order valence-electron chi connectivity index (χ0n) is 29.0. The smallest absolute Gasteiger partial charge is 0.162 e. The van der Waals surface area contributed by atoms with E-state index in [0.29, 0.717) is 24.9 Å². The summed E-state index contributed by atoms with van der Waals surface area (Å²) in [4.78, 5) is 14.8. The van der Waals surface area contributed by atoms with Crippen LogP contribution in [0, 0.1) is 58.2 Å². The summed E-state index contributed by atoms with van der Waals surface area (Å²) in [6.45, 7) is 12.2. The van der Waals surface area contributed by atoms with E-state index in [1.807, 2.05) is 13.0 Å². The normalized spacial score (nSPS) is 47.6. The van der Waals surface area contributed by atoms with Crippen molar-refractivity contribution in [3.8, 4) is 11.8 Å². The summed E-state index contributed by atoms with van der Waals surface area (Å²) < 4.78 is 20.1. The quantitative estimate of drug-likeness (QED) is 0.378. The van der Waals surface area contributed by atoms with Crippen molar-refractivity contribution in [1.82, 2.24) is 0 Å². The molecular weight excluding hydrogens is 588 g/mol. The second kappa shape index (κ2) is 11.3. The summed E-state index contributed by atoms with van der Waals surface area (Å²) in [6, 6.07) is 10.4. The summed E-state index contributed by atoms with van der Waals surface area (Å²) in [7, 11) is 0. The van der Waals surface area contributed by atoms with E-state index in [4.69, 9.17) is 14.2 Å². The van der Waals surface area contributed by atoms with Crippen LogP contribution in [0.3, 0.4) is 0 Å². The first kappa shape index (κ1) is 32.2.